The second-order valence-corrected chi connectivity index (χ2v) is 11.5. The number of fused-ring (bicyclic) bond motifs is 1. The van der Waals surface area contributed by atoms with Gasteiger partial charge >= 0.3 is 13.7 Å². The van der Waals surface area contributed by atoms with Crippen molar-refractivity contribution in [1.29, 1.82) is 0 Å². The Hall–Kier alpha value is -3.23. The van der Waals surface area contributed by atoms with Crippen molar-refractivity contribution in [2.24, 2.45) is 0 Å². The summed E-state index contributed by atoms with van der Waals surface area (Å²) in [6.45, 7) is 5.66. The third kappa shape index (κ3) is 5.93. The lowest BCUT2D eigenvalue weighted by Gasteiger charge is -2.28. The number of benzene rings is 1. The van der Waals surface area contributed by atoms with Crippen LogP contribution in [-0.4, -0.2) is 67.0 Å². The molecule has 40 heavy (non-hydrogen) atoms. The number of alkyl halides is 2. The van der Waals surface area contributed by atoms with Crippen molar-refractivity contribution in [3.05, 3.63) is 52.8 Å². The van der Waals surface area contributed by atoms with Gasteiger partial charge in [-0.05, 0) is 46.8 Å². The van der Waals surface area contributed by atoms with E-state index in [-0.39, 0.29) is 22.7 Å². The van der Waals surface area contributed by atoms with Gasteiger partial charge in [0.1, 0.15) is 24.2 Å². The average molecular weight is 586 g/mol. The fourth-order valence-electron chi connectivity index (χ4n) is 4.08. The Morgan fingerprint density at radius 3 is 2.62 bits per heavy atom. The molecule has 0 amide bonds. The molecule has 1 aliphatic heterocycles. The number of aromatic nitrogens is 4. The first-order valence-corrected chi connectivity index (χ1v) is 13.8. The van der Waals surface area contributed by atoms with Gasteiger partial charge < -0.3 is 24.1 Å². The monoisotopic (exact) mass is 585 g/mol. The molecule has 16 heteroatoms. The Morgan fingerprint density at radius 2 is 1.98 bits per heavy atom. The molecule has 4 rings (SSSR count). The summed E-state index contributed by atoms with van der Waals surface area (Å²) in [6.07, 6.45) is -3.76. The molecule has 1 aliphatic rings. The first kappa shape index (κ1) is 29.7. The zero-order chi connectivity index (χ0) is 29.5. The van der Waals surface area contributed by atoms with Crippen LogP contribution in [-0.2, 0) is 23.4 Å². The quantitative estimate of drug-likeness (QED) is 0.236. The van der Waals surface area contributed by atoms with Gasteiger partial charge in [0.05, 0.1) is 12.4 Å². The van der Waals surface area contributed by atoms with E-state index in [0.717, 1.165) is 17.8 Å². The van der Waals surface area contributed by atoms with E-state index in [2.05, 4.69) is 20.0 Å². The number of ether oxygens (including phenoxy) is 2. The van der Waals surface area contributed by atoms with E-state index in [1.165, 1.54) is 26.0 Å². The molecule has 2 unspecified atom stereocenters. The highest BCUT2D eigenvalue weighted by atomic mass is 31.2. The number of halogens is 2. The fourth-order valence-corrected chi connectivity index (χ4v) is 5.58. The summed E-state index contributed by atoms with van der Waals surface area (Å²) in [7, 11) is -4.57. The summed E-state index contributed by atoms with van der Waals surface area (Å²) in [4.78, 5) is 35.0. The minimum Gasteiger partial charge on any atom is -0.462 e. The maximum Gasteiger partial charge on any atom is 0.459 e. The van der Waals surface area contributed by atoms with Crippen LogP contribution in [0.2, 0.25) is 0 Å². The number of aryl methyl sites for hydroxylation is 1. The summed E-state index contributed by atoms with van der Waals surface area (Å²) < 4.78 is 67.8. The van der Waals surface area contributed by atoms with Crippen LogP contribution >= 0.6 is 7.75 Å². The van der Waals surface area contributed by atoms with Gasteiger partial charge in [-0.1, -0.05) is 18.2 Å². The second-order valence-electron chi connectivity index (χ2n) is 9.80. The maximum absolute atomic E-state index is 16.1. The Kier molecular flexibility index (Phi) is 8.16. The second kappa shape index (κ2) is 11.0. The topological polar surface area (TPSA) is 167 Å². The number of H-pyrrole nitrogens is 1. The van der Waals surface area contributed by atoms with E-state index in [0.29, 0.717) is 0 Å². The molecule has 1 aromatic carbocycles. The average Bonchev–Trinajstić information content (AvgIpc) is 3.36. The van der Waals surface area contributed by atoms with Crippen LogP contribution < -0.4 is 15.2 Å². The van der Waals surface area contributed by atoms with Crippen molar-refractivity contribution in [1.82, 2.24) is 24.6 Å². The number of hydrogen-bond acceptors (Lipinski definition) is 10. The number of carbonyl (C=O) groups is 1. The van der Waals surface area contributed by atoms with E-state index >= 15 is 8.78 Å². The number of para-hydroxylation sites is 1. The number of imidazole rings is 1. The minimum absolute atomic E-state index is 0.0494. The zero-order valence-electron chi connectivity index (χ0n) is 22.3. The molecule has 0 bridgehead atoms. The Labute approximate surface area is 227 Å². The van der Waals surface area contributed by atoms with Crippen LogP contribution in [0.15, 0.2) is 41.5 Å². The van der Waals surface area contributed by atoms with Crippen LogP contribution in [0.1, 0.15) is 39.7 Å². The van der Waals surface area contributed by atoms with Gasteiger partial charge in [0.15, 0.2) is 29.2 Å². The minimum atomic E-state index is -4.57. The van der Waals surface area contributed by atoms with Crippen molar-refractivity contribution in [3.63, 3.8) is 0 Å². The van der Waals surface area contributed by atoms with Gasteiger partial charge in [-0.15, -0.1) is 0 Å². The van der Waals surface area contributed by atoms with E-state index in [1.807, 2.05) is 0 Å². The summed E-state index contributed by atoms with van der Waals surface area (Å²) in [5.41, 5.74) is -3.66. The lowest BCUT2D eigenvalue weighted by Crippen LogP contribution is -2.47. The van der Waals surface area contributed by atoms with Crippen LogP contribution in [0.3, 0.4) is 0 Å². The molecule has 1 saturated heterocycles. The summed E-state index contributed by atoms with van der Waals surface area (Å²) in [5, 5.41) is 13.1. The Bertz CT molecular complexity index is 1480. The van der Waals surface area contributed by atoms with Crippen molar-refractivity contribution in [2.75, 3.05) is 6.61 Å². The fraction of sp³-hybridized carbons (Fsp3) is 0.500. The molecule has 0 saturated carbocycles. The third-order valence-corrected chi connectivity index (χ3v) is 7.62. The van der Waals surface area contributed by atoms with Gasteiger partial charge in [-0.3, -0.25) is 18.7 Å². The summed E-state index contributed by atoms with van der Waals surface area (Å²) in [6, 6.07) is 6.47. The van der Waals surface area contributed by atoms with Crippen LogP contribution in [0, 0.1) is 6.92 Å². The highest BCUT2D eigenvalue weighted by Gasteiger charge is 2.65. The van der Waals surface area contributed by atoms with Crippen LogP contribution in [0.4, 0.5) is 8.78 Å². The summed E-state index contributed by atoms with van der Waals surface area (Å²) in [5.74, 6) is -3.82. The number of aliphatic hydroxyl groups excluding tert-OH is 1. The maximum atomic E-state index is 16.1. The van der Waals surface area contributed by atoms with Gasteiger partial charge in [0.2, 0.25) is 0 Å². The van der Waals surface area contributed by atoms with Crippen LogP contribution in [0.5, 0.6) is 5.75 Å². The predicted molar refractivity (Wildman–Crippen MR) is 137 cm³/mol. The van der Waals surface area contributed by atoms with E-state index in [9.17, 15) is 19.3 Å². The number of nitrogens with zero attached hydrogens (tertiary/aromatic N) is 3. The molecule has 2 aromatic heterocycles. The van der Waals surface area contributed by atoms with Gasteiger partial charge in [0, 0.05) is 0 Å². The van der Waals surface area contributed by atoms with Crippen molar-refractivity contribution in [3.8, 4) is 5.75 Å². The Balaban J connectivity index is 1.61. The van der Waals surface area contributed by atoms with Gasteiger partial charge in [-0.25, -0.2) is 23.3 Å². The van der Waals surface area contributed by atoms with E-state index in [1.54, 1.807) is 32.0 Å². The molecule has 0 radical (unpaired) electrons. The van der Waals surface area contributed by atoms with Gasteiger partial charge in [0.25, 0.3) is 11.4 Å². The number of aromatic amines is 1. The van der Waals surface area contributed by atoms with Crippen molar-refractivity contribution in [2.45, 2.75) is 70.6 Å². The highest BCUT2D eigenvalue weighted by Crippen LogP contribution is 2.52. The van der Waals surface area contributed by atoms with Crippen molar-refractivity contribution < 1.29 is 41.8 Å². The first-order chi connectivity index (χ1) is 18.6. The van der Waals surface area contributed by atoms with E-state index < -0.39 is 61.9 Å². The SMILES string of the molecule is Cc1nc2c(ncn2[C@@H]2O[C@](F)(COP(=O)(NC(C)C(=O)OC(C)C)Oc3ccccc3)[C@@H](O)[C@@]2(C)F)c(=O)[nH]1. The standard InChI is InChI=1S/C24H30F2N5O8P/c1-13(2)37-20(33)14(3)30-40(35,39-16-9-7-6-8-10-16)36-11-24(26)21(34)23(5,25)22(38-24)31-12-27-17-18(31)28-15(4)29-19(17)32/h6-10,12-14,21-22,34H,11H2,1-5H3,(H,30,35)(H,28,29,32)/t14?,21-,22+,23+,24+,40?/m0/s1. The molecular formula is C24H30F2N5O8P. The number of esters is 1. The van der Waals surface area contributed by atoms with Crippen molar-refractivity contribution >= 4 is 24.9 Å². The molecule has 1 fully saturated rings. The molecule has 3 heterocycles. The lowest BCUT2D eigenvalue weighted by atomic mass is 9.97. The number of aliphatic hydroxyl groups is 1. The first-order valence-electron chi connectivity index (χ1n) is 12.3. The number of rotatable bonds is 10. The molecule has 218 valence electrons. The van der Waals surface area contributed by atoms with E-state index in [4.69, 9.17) is 18.5 Å². The number of hydrogen-bond donors (Lipinski definition) is 3. The molecule has 13 nitrogen and oxygen atoms in total. The lowest BCUT2D eigenvalue weighted by molar-refractivity contribution is -0.202. The molecule has 3 aromatic rings. The smallest absolute Gasteiger partial charge is 0.459 e. The molecule has 6 atom stereocenters. The molecule has 3 N–H and O–H groups in total. The molecule has 0 aliphatic carbocycles. The highest BCUT2D eigenvalue weighted by molar-refractivity contribution is 7.52. The van der Waals surface area contributed by atoms with Gasteiger partial charge in [-0.2, -0.15) is 5.09 Å². The normalized spacial score (nSPS) is 27.0. The molecular weight excluding hydrogens is 555 g/mol. The summed E-state index contributed by atoms with van der Waals surface area (Å²) >= 11 is 0. The largest absolute Gasteiger partial charge is 0.462 e. The molecule has 0 spiro atoms. The predicted octanol–water partition coefficient (Wildman–Crippen LogP) is 2.85. The van der Waals surface area contributed by atoms with Crippen LogP contribution in [0.25, 0.3) is 11.2 Å². The zero-order valence-corrected chi connectivity index (χ0v) is 23.2. The third-order valence-electron chi connectivity index (χ3n) is 5.99. The number of carbonyl (C=O) groups excluding carboxylic acids is 1. The Morgan fingerprint density at radius 1 is 1.30 bits per heavy atom. The number of nitrogens with one attached hydrogen (secondary N) is 2.